The molecule has 20 heavy (non-hydrogen) atoms. The Kier molecular flexibility index (Phi) is 4.89. The van der Waals surface area contributed by atoms with Crippen molar-refractivity contribution < 1.29 is 19.1 Å². The smallest absolute Gasteiger partial charge is 0.331 e. The molecule has 2 N–H and O–H groups in total. The molecule has 0 aliphatic carbocycles. The lowest BCUT2D eigenvalue weighted by Crippen LogP contribution is -2.50. The van der Waals surface area contributed by atoms with Crippen LogP contribution in [0, 0.1) is 0 Å². The van der Waals surface area contributed by atoms with Crippen LogP contribution in [0.5, 0.6) is 0 Å². The zero-order valence-electron chi connectivity index (χ0n) is 12.3. The Morgan fingerprint density at radius 2 is 1.70 bits per heavy atom. The lowest BCUT2D eigenvalue weighted by atomic mass is 9.87. The van der Waals surface area contributed by atoms with E-state index in [-0.39, 0.29) is 6.42 Å². The first-order valence-electron chi connectivity index (χ1n) is 6.34. The van der Waals surface area contributed by atoms with Crippen LogP contribution in [0.1, 0.15) is 32.8 Å². The monoisotopic (exact) mass is 279 g/mol. The van der Waals surface area contributed by atoms with Gasteiger partial charge >= 0.3 is 11.9 Å². The second-order valence-electron chi connectivity index (χ2n) is 5.59. The Morgan fingerprint density at radius 3 is 2.15 bits per heavy atom. The number of carbonyl (C=O) groups excluding carboxylic acids is 2. The predicted octanol–water partition coefficient (Wildman–Crippen LogP) is 1.75. The minimum atomic E-state index is -1.55. The van der Waals surface area contributed by atoms with E-state index in [0.717, 1.165) is 0 Å². The van der Waals surface area contributed by atoms with Gasteiger partial charge in [-0.2, -0.15) is 0 Å². The summed E-state index contributed by atoms with van der Waals surface area (Å²) in [4.78, 5) is 23.9. The van der Waals surface area contributed by atoms with E-state index in [9.17, 15) is 9.59 Å². The molecule has 110 valence electrons. The lowest BCUT2D eigenvalue weighted by Gasteiger charge is -2.30. The van der Waals surface area contributed by atoms with Crippen LogP contribution in [0.25, 0.3) is 0 Å². The molecule has 0 saturated carbocycles. The van der Waals surface area contributed by atoms with Gasteiger partial charge in [0.1, 0.15) is 5.60 Å². The van der Waals surface area contributed by atoms with Crippen LogP contribution >= 0.6 is 0 Å². The van der Waals surface area contributed by atoms with E-state index < -0.39 is 23.1 Å². The Morgan fingerprint density at radius 1 is 1.15 bits per heavy atom. The third-order valence-electron chi connectivity index (χ3n) is 2.70. The van der Waals surface area contributed by atoms with Crippen molar-refractivity contribution in [2.24, 2.45) is 5.73 Å². The summed E-state index contributed by atoms with van der Waals surface area (Å²) in [5.41, 5.74) is 4.44. The first-order valence-corrected chi connectivity index (χ1v) is 6.34. The maximum atomic E-state index is 12.4. The first kappa shape index (κ1) is 16.2. The molecule has 0 saturated heterocycles. The van der Waals surface area contributed by atoms with Crippen LogP contribution in [0.15, 0.2) is 30.3 Å². The average Bonchev–Trinajstić information content (AvgIpc) is 2.37. The summed E-state index contributed by atoms with van der Waals surface area (Å²) in [6.45, 7) is 5.23. The number of ether oxygens (including phenoxy) is 2. The fourth-order valence-electron chi connectivity index (χ4n) is 1.70. The molecule has 1 aromatic rings. The zero-order chi connectivity index (χ0) is 15.4. The number of rotatable bonds is 4. The van der Waals surface area contributed by atoms with Gasteiger partial charge in [0, 0.05) is 0 Å². The van der Waals surface area contributed by atoms with Crippen molar-refractivity contribution in [3.8, 4) is 0 Å². The third kappa shape index (κ3) is 4.06. The van der Waals surface area contributed by atoms with Crippen molar-refractivity contribution in [3.63, 3.8) is 0 Å². The number of hydrogen-bond donors (Lipinski definition) is 1. The predicted molar refractivity (Wildman–Crippen MR) is 74.8 cm³/mol. The van der Waals surface area contributed by atoms with Gasteiger partial charge in [-0.1, -0.05) is 30.3 Å². The average molecular weight is 279 g/mol. The zero-order valence-corrected chi connectivity index (χ0v) is 12.3. The molecule has 1 aromatic carbocycles. The first-order chi connectivity index (χ1) is 9.19. The standard InChI is InChI=1S/C15H21NO4/c1-14(2,3)20-13(18)15(16,10-12(17)19-4)11-8-6-5-7-9-11/h5-9H,10,16H2,1-4H3/t15-/m0/s1. The summed E-state index contributed by atoms with van der Waals surface area (Å²) in [6.07, 6.45) is -0.275. The van der Waals surface area contributed by atoms with Crippen LogP contribution in [0.4, 0.5) is 0 Å². The molecule has 0 bridgehead atoms. The molecular formula is C15H21NO4. The Labute approximate surface area is 119 Å². The van der Waals surface area contributed by atoms with E-state index in [1.165, 1.54) is 7.11 Å². The van der Waals surface area contributed by atoms with E-state index in [1.807, 2.05) is 0 Å². The van der Waals surface area contributed by atoms with Gasteiger partial charge in [-0.3, -0.25) is 4.79 Å². The van der Waals surface area contributed by atoms with Gasteiger partial charge in [0.2, 0.25) is 0 Å². The fraction of sp³-hybridized carbons (Fsp3) is 0.467. The van der Waals surface area contributed by atoms with Crippen molar-refractivity contribution in [1.29, 1.82) is 0 Å². The highest BCUT2D eigenvalue weighted by Crippen LogP contribution is 2.26. The van der Waals surface area contributed by atoms with Crippen LogP contribution < -0.4 is 5.73 Å². The topological polar surface area (TPSA) is 78.6 Å². The maximum Gasteiger partial charge on any atom is 0.331 e. The van der Waals surface area contributed by atoms with Gasteiger partial charge in [0.05, 0.1) is 13.5 Å². The minimum absolute atomic E-state index is 0.275. The summed E-state index contributed by atoms with van der Waals surface area (Å²) in [5.74, 6) is -1.22. The number of nitrogens with two attached hydrogens (primary N) is 1. The van der Waals surface area contributed by atoms with Crippen molar-refractivity contribution in [2.45, 2.75) is 38.3 Å². The molecule has 5 heteroatoms. The summed E-state index contributed by atoms with van der Waals surface area (Å²) in [5, 5.41) is 0. The van der Waals surface area contributed by atoms with E-state index in [2.05, 4.69) is 4.74 Å². The molecular weight excluding hydrogens is 258 g/mol. The van der Waals surface area contributed by atoms with Gasteiger partial charge in [-0.05, 0) is 26.3 Å². The van der Waals surface area contributed by atoms with E-state index in [1.54, 1.807) is 51.1 Å². The van der Waals surface area contributed by atoms with Crippen LogP contribution in [-0.4, -0.2) is 24.6 Å². The Balaban J connectivity index is 3.14. The summed E-state index contributed by atoms with van der Waals surface area (Å²) in [6, 6.07) is 8.67. The molecule has 0 aliphatic heterocycles. The number of methoxy groups -OCH3 is 1. The maximum absolute atomic E-state index is 12.4. The number of esters is 2. The summed E-state index contributed by atoms with van der Waals surface area (Å²) >= 11 is 0. The van der Waals surface area contributed by atoms with E-state index in [0.29, 0.717) is 5.56 Å². The van der Waals surface area contributed by atoms with Gasteiger partial charge in [0.25, 0.3) is 0 Å². The molecule has 0 aromatic heterocycles. The minimum Gasteiger partial charge on any atom is -0.469 e. The van der Waals surface area contributed by atoms with Gasteiger partial charge in [0.15, 0.2) is 5.54 Å². The molecule has 0 radical (unpaired) electrons. The van der Waals surface area contributed by atoms with Crippen LogP contribution in [0.2, 0.25) is 0 Å². The molecule has 0 unspecified atom stereocenters. The highest BCUT2D eigenvalue weighted by Gasteiger charge is 2.42. The summed E-state index contributed by atoms with van der Waals surface area (Å²) < 4.78 is 9.95. The van der Waals surface area contributed by atoms with Gasteiger partial charge < -0.3 is 15.2 Å². The highest BCUT2D eigenvalue weighted by atomic mass is 16.6. The molecule has 0 amide bonds. The Hall–Kier alpha value is -1.88. The number of hydrogen-bond acceptors (Lipinski definition) is 5. The highest BCUT2D eigenvalue weighted by molar-refractivity contribution is 5.88. The number of carbonyl (C=O) groups is 2. The van der Waals surface area contributed by atoms with Crippen molar-refractivity contribution in [1.82, 2.24) is 0 Å². The van der Waals surface area contributed by atoms with Crippen LogP contribution in [0.3, 0.4) is 0 Å². The second kappa shape index (κ2) is 6.05. The lowest BCUT2D eigenvalue weighted by molar-refractivity contribution is -0.165. The van der Waals surface area contributed by atoms with Gasteiger partial charge in [-0.25, -0.2) is 4.79 Å². The van der Waals surface area contributed by atoms with Crippen LogP contribution in [-0.2, 0) is 24.6 Å². The molecule has 0 spiro atoms. The molecule has 0 fully saturated rings. The molecule has 1 rings (SSSR count). The largest absolute Gasteiger partial charge is 0.469 e. The summed E-state index contributed by atoms with van der Waals surface area (Å²) in [7, 11) is 1.25. The number of benzene rings is 1. The quantitative estimate of drug-likeness (QED) is 0.849. The van der Waals surface area contributed by atoms with Gasteiger partial charge in [-0.15, -0.1) is 0 Å². The molecule has 5 nitrogen and oxygen atoms in total. The van der Waals surface area contributed by atoms with E-state index >= 15 is 0 Å². The molecule has 0 heterocycles. The second-order valence-corrected chi connectivity index (χ2v) is 5.59. The third-order valence-corrected chi connectivity index (χ3v) is 2.70. The van der Waals surface area contributed by atoms with Crippen molar-refractivity contribution >= 4 is 11.9 Å². The van der Waals surface area contributed by atoms with Crippen molar-refractivity contribution in [2.75, 3.05) is 7.11 Å². The normalized spacial score (nSPS) is 14.2. The van der Waals surface area contributed by atoms with E-state index in [4.69, 9.17) is 10.5 Å². The SMILES string of the molecule is COC(=O)C[C@@](N)(C(=O)OC(C)(C)C)c1ccccc1. The van der Waals surface area contributed by atoms with Crippen molar-refractivity contribution in [3.05, 3.63) is 35.9 Å². The Bertz CT molecular complexity index is 478. The molecule has 1 atom stereocenters. The fourth-order valence-corrected chi connectivity index (χ4v) is 1.70. The molecule has 0 aliphatic rings.